The van der Waals surface area contributed by atoms with Crippen LogP contribution in [0.15, 0.2) is 18.2 Å². The molecule has 0 saturated heterocycles. The summed E-state index contributed by atoms with van der Waals surface area (Å²) in [4.78, 5) is 7.31. The lowest BCUT2D eigenvalue weighted by Crippen LogP contribution is -2.40. The molecule has 0 N–H and O–H groups in total. The van der Waals surface area contributed by atoms with Gasteiger partial charge in [-0.05, 0) is 38.3 Å². The molecule has 5 nitrogen and oxygen atoms in total. The Hall–Kier alpha value is -1.46. The molecule has 0 fully saturated rings. The first-order valence-corrected chi connectivity index (χ1v) is 9.55. The van der Waals surface area contributed by atoms with Crippen LogP contribution in [0.1, 0.15) is 27.7 Å². The number of methoxy groups -OCH3 is 2. The number of hydrogen-bond donors (Lipinski definition) is 0. The van der Waals surface area contributed by atoms with Crippen molar-refractivity contribution in [1.29, 1.82) is 0 Å². The molecule has 25 heavy (non-hydrogen) atoms. The lowest BCUT2D eigenvalue weighted by molar-refractivity contribution is 0.292. The monoisotopic (exact) mass is 351 g/mol. The van der Waals surface area contributed by atoms with Crippen LogP contribution >= 0.6 is 0 Å². The van der Waals surface area contributed by atoms with Gasteiger partial charge in [-0.2, -0.15) is 0 Å². The maximum absolute atomic E-state index is 5.64. The molecule has 1 aromatic rings. The van der Waals surface area contributed by atoms with E-state index in [2.05, 4.69) is 42.4 Å². The van der Waals surface area contributed by atoms with E-state index in [1.165, 1.54) is 0 Å². The fourth-order valence-corrected chi connectivity index (χ4v) is 3.08. The van der Waals surface area contributed by atoms with E-state index in [9.17, 15) is 0 Å². The molecule has 0 unspecified atom stereocenters. The molecule has 0 aliphatic heterocycles. The third-order valence-electron chi connectivity index (χ3n) is 4.88. The van der Waals surface area contributed by atoms with E-state index in [0.717, 1.165) is 69.5 Å². The number of rotatable bonds is 13. The van der Waals surface area contributed by atoms with Gasteiger partial charge in [0.2, 0.25) is 0 Å². The second-order valence-corrected chi connectivity index (χ2v) is 6.05. The smallest absolute Gasteiger partial charge is 0.145 e. The first-order chi connectivity index (χ1) is 12.1. The van der Waals surface area contributed by atoms with Crippen molar-refractivity contribution in [3.63, 3.8) is 0 Å². The molecule has 5 heteroatoms. The molecule has 0 bridgehead atoms. The van der Waals surface area contributed by atoms with Gasteiger partial charge in [-0.15, -0.1) is 0 Å². The zero-order valence-corrected chi connectivity index (χ0v) is 17.0. The van der Waals surface area contributed by atoms with Gasteiger partial charge in [-0.3, -0.25) is 0 Å². The Morgan fingerprint density at radius 2 is 1.08 bits per heavy atom. The highest BCUT2D eigenvalue weighted by atomic mass is 16.5. The Balaban J connectivity index is 3.04. The summed E-state index contributed by atoms with van der Waals surface area (Å²) < 4.78 is 11.3. The molecule has 1 rings (SSSR count). The van der Waals surface area contributed by atoms with E-state index in [-0.39, 0.29) is 0 Å². The maximum Gasteiger partial charge on any atom is 0.145 e. The SMILES string of the molecule is CCN(CC)CCN(CCN(CC)CC)c1c(OC)cccc1OC. The molecule has 0 amide bonds. The molecule has 0 radical (unpaired) electrons. The summed E-state index contributed by atoms with van der Waals surface area (Å²) in [6.07, 6.45) is 0. The first kappa shape index (κ1) is 21.6. The molecular formula is C20H37N3O2. The average molecular weight is 352 g/mol. The van der Waals surface area contributed by atoms with Gasteiger partial charge in [0.05, 0.1) is 14.2 Å². The lowest BCUT2D eigenvalue weighted by Gasteiger charge is -2.32. The fraction of sp³-hybridized carbons (Fsp3) is 0.700. The predicted octanol–water partition coefficient (Wildman–Crippen LogP) is 3.19. The van der Waals surface area contributed by atoms with Crippen molar-refractivity contribution in [3.05, 3.63) is 18.2 Å². The van der Waals surface area contributed by atoms with E-state index in [0.29, 0.717) is 0 Å². The highest BCUT2D eigenvalue weighted by Gasteiger charge is 2.18. The predicted molar refractivity (Wildman–Crippen MR) is 107 cm³/mol. The van der Waals surface area contributed by atoms with Crippen molar-refractivity contribution in [1.82, 2.24) is 9.80 Å². The molecule has 1 aromatic carbocycles. The van der Waals surface area contributed by atoms with Gasteiger partial charge in [0, 0.05) is 26.2 Å². The topological polar surface area (TPSA) is 28.2 Å². The number of ether oxygens (including phenoxy) is 2. The zero-order valence-electron chi connectivity index (χ0n) is 17.0. The Morgan fingerprint density at radius 1 is 0.680 bits per heavy atom. The minimum Gasteiger partial charge on any atom is -0.494 e. The number of benzene rings is 1. The summed E-state index contributed by atoms with van der Waals surface area (Å²) in [5.74, 6) is 1.75. The third-order valence-corrected chi connectivity index (χ3v) is 4.88. The van der Waals surface area contributed by atoms with Crippen LogP contribution in [0.2, 0.25) is 0 Å². The van der Waals surface area contributed by atoms with Gasteiger partial charge in [0.25, 0.3) is 0 Å². The molecule has 0 aliphatic rings. The van der Waals surface area contributed by atoms with Gasteiger partial charge in [0.15, 0.2) is 0 Å². The molecule has 0 heterocycles. The minimum atomic E-state index is 0.874. The Bertz CT molecular complexity index is 436. The van der Waals surface area contributed by atoms with Crippen LogP contribution in [0.5, 0.6) is 11.5 Å². The minimum absolute atomic E-state index is 0.874. The van der Waals surface area contributed by atoms with Crippen molar-refractivity contribution in [2.75, 3.05) is 71.5 Å². The number of likely N-dealkylation sites (N-methyl/N-ethyl adjacent to an activating group) is 2. The van der Waals surface area contributed by atoms with E-state index in [1.54, 1.807) is 14.2 Å². The molecule has 0 atom stereocenters. The van der Waals surface area contributed by atoms with Crippen LogP contribution < -0.4 is 14.4 Å². The average Bonchev–Trinajstić information content (AvgIpc) is 2.67. The third kappa shape index (κ3) is 6.40. The lowest BCUT2D eigenvalue weighted by atomic mass is 10.2. The van der Waals surface area contributed by atoms with Gasteiger partial charge >= 0.3 is 0 Å². The molecule has 144 valence electrons. The van der Waals surface area contributed by atoms with Gasteiger partial charge in [0.1, 0.15) is 17.2 Å². The van der Waals surface area contributed by atoms with Crippen molar-refractivity contribution in [2.45, 2.75) is 27.7 Å². The number of anilines is 1. The first-order valence-electron chi connectivity index (χ1n) is 9.55. The fourth-order valence-electron chi connectivity index (χ4n) is 3.08. The summed E-state index contributed by atoms with van der Waals surface area (Å²) >= 11 is 0. The highest BCUT2D eigenvalue weighted by Crippen LogP contribution is 2.37. The Morgan fingerprint density at radius 3 is 1.40 bits per heavy atom. The van der Waals surface area contributed by atoms with E-state index in [4.69, 9.17) is 9.47 Å². The van der Waals surface area contributed by atoms with Crippen LogP contribution in [-0.4, -0.2) is 76.4 Å². The van der Waals surface area contributed by atoms with Crippen molar-refractivity contribution >= 4 is 5.69 Å². The summed E-state index contributed by atoms with van der Waals surface area (Å²) in [5.41, 5.74) is 1.06. The van der Waals surface area contributed by atoms with E-state index < -0.39 is 0 Å². The van der Waals surface area contributed by atoms with E-state index in [1.807, 2.05) is 18.2 Å². The quantitative estimate of drug-likeness (QED) is 0.544. The van der Waals surface area contributed by atoms with Crippen LogP contribution in [0, 0.1) is 0 Å². The summed E-state index contributed by atoms with van der Waals surface area (Å²) in [6, 6.07) is 6.01. The number of nitrogens with zero attached hydrogens (tertiary/aromatic N) is 3. The highest BCUT2D eigenvalue weighted by molar-refractivity contribution is 5.68. The summed E-state index contributed by atoms with van der Waals surface area (Å²) in [6.45, 7) is 17.1. The number of hydrogen-bond acceptors (Lipinski definition) is 5. The van der Waals surface area contributed by atoms with Gasteiger partial charge < -0.3 is 24.2 Å². The summed E-state index contributed by atoms with van der Waals surface area (Å²) in [5, 5.41) is 0. The molecule has 0 spiro atoms. The molecular weight excluding hydrogens is 314 g/mol. The van der Waals surface area contributed by atoms with Crippen LogP contribution in [-0.2, 0) is 0 Å². The van der Waals surface area contributed by atoms with Crippen LogP contribution in [0.25, 0.3) is 0 Å². The van der Waals surface area contributed by atoms with Crippen molar-refractivity contribution in [3.8, 4) is 11.5 Å². The zero-order chi connectivity index (χ0) is 18.7. The molecule has 0 aliphatic carbocycles. The Kier molecular flexibility index (Phi) is 10.3. The van der Waals surface area contributed by atoms with Crippen molar-refractivity contribution < 1.29 is 9.47 Å². The summed E-state index contributed by atoms with van der Waals surface area (Å²) in [7, 11) is 3.45. The second-order valence-electron chi connectivity index (χ2n) is 6.05. The second kappa shape index (κ2) is 12.0. The van der Waals surface area contributed by atoms with Crippen LogP contribution in [0.3, 0.4) is 0 Å². The Labute approximate surface area is 154 Å². The number of para-hydroxylation sites is 1. The maximum atomic E-state index is 5.64. The normalized spacial score (nSPS) is 11.2. The molecule has 0 aromatic heterocycles. The van der Waals surface area contributed by atoms with Gasteiger partial charge in [-0.1, -0.05) is 33.8 Å². The largest absolute Gasteiger partial charge is 0.494 e. The van der Waals surface area contributed by atoms with Crippen LogP contribution in [0.4, 0.5) is 5.69 Å². The van der Waals surface area contributed by atoms with Crippen molar-refractivity contribution in [2.24, 2.45) is 0 Å². The van der Waals surface area contributed by atoms with E-state index >= 15 is 0 Å². The standard InChI is InChI=1S/C20H37N3O2/c1-7-21(8-2)14-16-23(17-15-22(9-3)10-4)20-18(24-5)12-11-13-19(20)25-6/h11-13H,7-10,14-17H2,1-6H3. The van der Waals surface area contributed by atoms with Gasteiger partial charge in [-0.25, -0.2) is 0 Å². The molecule has 0 saturated carbocycles.